The van der Waals surface area contributed by atoms with Crippen LogP contribution in [0.2, 0.25) is 0 Å². The van der Waals surface area contributed by atoms with E-state index in [1.54, 1.807) is 30.6 Å². The molecule has 1 saturated heterocycles. The van der Waals surface area contributed by atoms with Crippen molar-refractivity contribution in [1.82, 2.24) is 14.9 Å². The van der Waals surface area contributed by atoms with Crippen molar-refractivity contribution in [3.05, 3.63) is 53.7 Å². The van der Waals surface area contributed by atoms with Gasteiger partial charge < -0.3 is 4.74 Å². The van der Waals surface area contributed by atoms with E-state index < -0.39 is 0 Å². The van der Waals surface area contributed by atoms with Gasteiger partial charge in [0, 0.05) is 37.3 Å². The maximum absolute atomic E-state index is 13.9. The number of nitrogens with zero attached hydrogens (tertiary/aromatic N) is 3. The Labute approximate surface area is 172 Å². The van der Waals surface area contributed by atoms with Crippen molar-refractivity contribution >= 4 is 5.78 Å². The molecular weight excluding hydrogens is 369 g/mol. The maximum Gasteiger partial charge on any atom is 0.237 e. The lowest BCUT2D eigenvalue weighted by molar-refractivity contribution is -0.124. The van der Waals surface area contributed by atoms with Crippen molar-refractivity contribution in [3.8, 4) is 5.88 Å². The van der Waals surface area contributed by atoms with E-state index in [1.165, 1.54) is 6.07 Å². The van der Waals surface area contributed by atoms with Gasteiger partial charge in [-0.25, -0.2) is 9.37 Å². The Morgan fingerprint density at radius 2 is 1.97 bits per heavy atom. The molecule has 2 aromatic rings. The molecule has 0 spiro atoms. The summed E-state index contributed by atoms with van der Waals surface area (Å²) in [6.07, 6.45) is 5.02. The fraction of sp³-hybridized carbons (Fsp3) is 0.522. The maximum atomic E-state index is 13.9. The molecule has 2 atom stereocenters. The van der Waals surface area contributed by atoms with E-state index in [0.717, 1.165) is 25.1 Å². The topological polar surface area (TPSA) is 55.3 Å². The average Bonchev–Trinajstić information content (AvgIpc) is 2.65. The number of carbonyl (C=O) groups is 1. The first-order valence-corrected chi connectivity index (χ1v) is 10.2. The third-order valence-electron chi connectivity index (χ3n) is 5.28. The quantitative estimate of drug-likeness (QED) is 0.728. The Kier molecular flexibility index (Phi) is 6.63. The number of benzene rings is 1. The van der Waals surface area contributed by atoms with Crippen LogP contribution in [-0.2, 0) is 17.8 Å². The summed E-state index contributed by atoms with van der Waals surface area (Å²) in [5.74, 6) is 0.344. The van der Waals surface area contributed by atoms with Crippen LogP contribution in [0.4, 0.5) is 4.39 Å². The van der Waals surface area contributed by atoms with Gasteiger partial charge in [-0.2, -0.15) is 0 Å². The van der Waals surface area contributed by atoms with Gasteiger partial charge in [0.1, 0.15) is 22.9 Å². The van der Waals surface area contributed by atoms with Gasteiger partial charge in [-0.05, 0) is 58.7 Å². The first-order chi connectivity index (χ1) is 13.7. The Bertz CT molecular complexity index is 850. The van der Waals surface area contributed by atoms with Gasteiger partial charge in [-0.15, -0.1) is 0 Å². The van der Waals surface area contributed by atoms with Crippen LogP contribution in [0.25, 0.3) is 0 Å². The minimum atomic E-state index is -0.345. The number of carbonyl (C=O) groups excluding carboxylic acids is 1. The highest BCUT2D eigenvalue weighted by atomic mass is 19.1. The summed E-state index contributed by atoms with van der Waals surface area (Å²) in [5.41, 5.74) is 0.948. The molecule has 2 heterocycles. The first kappa shape index (κ1) is 21.4. The molecule has 1 aliphatic rings. The van der Waals surface area contributed by atoms with E-state index >= 15 is 0 Å². The normalized spacial score (nSPS) is 20.4. The van der Waals surface area contributed by atoms with E-state index in [1.807, 2.05) is 20.8 Å². The molecule has 0 amide bonds. The molecule has 1 fully saturated rings. The summed E-state index contributed by atoms with van der Waals surface area (Å²) in [6, 6.07) is 6.74. The Morgan fingerprint density at radius 3 is 2.66 bits per heavy atom. The second kappa shape index (κ2) is 8.99. The molecule has 3 rings (SSSR count). The van der Waals surface area contributed by atoms with Crippen molar-refractivity contribution in [2.24, 2.45) is 5.92 Å². The largest absolute Gasteiger partial charge is 0.471 e. The SMILES string of the molecule is C[C@@H]1C[C@@H](C(=O)Cc2ccccc2F)CCN1Cc1nccnc1OC(C)(C)C. The number of halogens is 1. The number of aromatic nitrogens is 2. The molecule has 0 bridgehead atoms. The summed E-state index contributed by atoms with van der Waals surface area (Å²) in [5, 5.41) is 0. The highest BCUT2D eigenvalue weighted by Gasteiger charge is 2.31. The molecule has 0 saturated carbocycles. The third kappa shape index (κ3) is 5.82. The second-order valence-corrected chi connectivity index (χ2v) is 8.80. The van der Waals surface area contributed by atoms with Crippen LogP contribution in [0, 0.1) is 11.7 Å². The van der Waals surface area contributed by atoms with Crippen LogP contribution < -0.4 is 4.74 Å². The molecular formula is C23H30FN3O2. The summed E-state index contributed by atoms with van der Waals surface area (Å²) in [4.78, 5) is 23.9. The average molecular weight is 400 g/mol. The van der Waals surface area contributed by atoms with Crippen LogP contribution in [0.15, 0.2) is 36.7 Å². The molecule has 0 unspecified atom stereocenters. The Hall–Kier alpha value is -2.34. The fourth-order valence-corrected chi connectivity index (χ4v) is 3.75. The van der Waals surface area contributed by atoms with E-state index in [4.69, 9.17) is 4.74 Å². The fourth-order valence-electron chi connectivity index (χ4n) is 3.75. The molecule has 0 N–H and O–H groups in total. The molecule has 156 valence electrons. The van der Waals surface area contributed by atoms with Gasteiger partial charge in [0.05, 0.1) is 0 Å². The summed E-state index contributed by atoms with van der Waals surface area (Å²) >= 11 is 0. The van der Waals surface area contributed by atoms with Gasteiger partial charge in [-0.3, -0.25) is 14.7 Å². The van der Waals surface area contributed by atoms with Gasteiger partial charge in [0.25, 0.3) is 0 Å². The van der Waals surface area contributed by atoms with Crippen molar-refractivity contribution in [2.75, 3.05) is 6.54 Å². The van der Waals surface area contributed by atoms with Crippen molar-refractivity contribution < 1.29 is 13.9 Å². The standard InChI is InChI=1S/C23H30FN3O2/c1-16-13-18(21(28)14-17-7-5-6-8-19(17)24)9-12-27(16)15-20-22(26-11-10-25-20)29-23(2,3)4/h5-8,10-11,16,18H,9,12-15H2,1-4H3/t16-,18+/m1/s1. The zero-order valence-corrected chi connectivity index (χ0v) is 17.7. The molecule has 1 aliphatic heterocycles. The summed E-state index contributed by atoms with van der Waals surface area (Å²) < 4.78 is 19.8. The predicted octanol–water partition coefficient (Wildman–Crippen LogP) is 4.21. The number of hydrogen-bond acceptors (Lipinski definition) is 5. The molecule has 0 radical (unpaired) electrons. The first-order valence-electron chi connectivity index (χ1n) is 10.2. The zero-order valence-electron chi connectivity index (χ0n) is 17.7. The number of rotatable bonds is 6. The summed E-state index contributed by atoms with van der Waals surface area (Å²) in [6.45, 7) is 9.51. The highest BCUT2D eigenvalue weighted by molar-refractivity contribution is 5.83. The van der Waals surface area contributed by atoms with Crippen LogP contribution in [0.5, 0.6) is 5.88 Å². The smallest absolute Gasteiger partial charge is 0.237 e. The van der Waals surface area contributed by atoms with E-state index in [9.17, 15) is 9.18 Å². The molecule has 5 nitrogen and oxygen atoms in total. The number of hydrogen-bond donors (Lipinski definition) is 0. The minimum absolute atomic E-state index is 0.0343. The van der Waals surface area contributed by atoms with Gasteiger partial charge in [-0.1, -0.05) is 18.2 Å². The number of ketones is 1. The number of Topliss-reactive ketones (excluding diaryl/α,β-unsaturated/α-hetero) is 1. The number of piperidine rings is 1. The molecule has 0 aliphatic carbocycles. The van der Waals surface area contributed by atoms with Crippen LogP contribution in [-0.4, -0.2) is 38.8 Å². The van der Waals surface area contributed by atoms with Crippen molar-refractivity contribution in [2.45, 2.75) is 65.1 Å². The lowest BCUT2D eigenvalue weighted by Gasteiger charge is -2.37. The van der Waals surface area contributed by atoms with E-state index in [2.05, 4.69) is 21.8 Å². The van der Waals surface area contributed by atoms with Gasteiger partial charge in [0.2, 0.25) is 5.88 Å². The molecule has 1 aromatic carbocycles. The predicted molar refractivity (Wildman–Crippen MR) is 110 cm³/mol. The van der Waals surface area contributed by atoms with E-state index in [0.29, 0.717) is 18.0 Å². The van der Waals surface area contributed by atoms with Crippen LogP contribution in [0.1, 0.15) is 51.8 Å². The minimum Gasteiger partial charge on any atom is -0.471 e. The number of likely N-dealkylation sites (tertiary alicyclic amines) is 1. The lowest BCUT2D eigenvalue weighted by Crippen LogP contribution is -2.42. The van der Waals surface area contributed by atoms with E-state index in [-0.39, 0.29) is 35.6 Å². The Morgan fingerprint density at radius 1 is 1.24 bits per heavy atom. The van der Waals surface area contributed by atoms with Crippen LogP contribution >= 0.6 is 0 Å². The molecule has 29 heavy (non-hydrogen) atoms. The summed E-state index contributed by atoms with van der Waals surface area (Å²) in [7, 11) is 0. The Balaban J connectivity index is 1.61. The lowest BCUT2D eigenvalue weighted by atomic mass is 9.85. The second-order valence-electron chi connectivity index (χ2n) is 8.80. The van der Waals surface area contributed by atoms with Crippen molar-refractivity contribution in [3.63, 3.8) is 0 Å². The number of ether oxygens (including phenoxy) is 1. The van der Waals surface area contributed by atoms with Gasteiger partial charge >= 0.3 is 0 Å². The monoisotopic (exact) mass is 399 g/mol. The van der Waals surface area contributed by atoms with Gasteiger partial charge in [0.15, 0.2) is 0 Å². The van der Waals surface area contributed by atoms with Crippen molar-refractivity contribution in [1.29, 1.82) is 0 Å². The molecule has 6 heteroatoms. The molecule has 1 aromatic heterocycles. The zero-order chi connectivity index (χ0) is 21.0. The van der Waals surface area contributed by atoms with Crippen LogP contribution in [0.3, 0.4) is 0 Å². The third-order valence-corrected chi connectivity index (χ3v) is 5.28. The highest BCUT2D eigenvalue weighted by Crippen LogP contribution is 2.28.